The highest BCUT2D eigenvalue weighted by atomic mass is 16.6. The van der Waals surface area contributed by atoms with Crippen LogP contribution in [0.25, 0.3) is 0 Å². The van der Waals surface area contributed by atoms with Crippen LogP contribution in [0.1, 0.15) is 26.7 Å². The summed E-state index contributed by atoms with van der Waals surface area (Å²) in [5.74, 6) is 0.584. The molecule has 0 fully saturated rings. The highest BCUT2D eigenvalue weighted by Gasteiger charge is 2.26. The summed E-state index contributed by atoms with van der Waals surface area (Å²) in [6, 6.07) is 0.188. The maximum absolute atomic E-state index is 11.1. The normalized spacial score (nSPS) is 12.0. The molecule has 0 aliphatic carbocycles. The van der Waals surface area contributed by atoms with Crippen LogP contribution in [0.4, 0.5) is 17.3 Å². The number of nitrogens with zero attached hydrogens (tertiary/aromatic N) is 4. The van der Waals surface area contributed by atoms with E-state index in [1.165, 1.54) is 6.33 Å². The molecule has 1 rings (SSSR count). The third-order valence-electron chi connectivity index (χ3n) is 2.92. The average molecular weight is 253 g/mol. The molecular formula is C11H19N5O2. The highest BCUT2D eigenvalue weighted by Crippen LogP contribution is 2.32. The summed E-state index contributed by atoms with van der Waals surface area (Å²) >= 11 is 0. The van der Waals surface area contributed by atoms with Crippen molar-refractivity contribution in [3.05, 3.63) is 16.4 Å². The number of rotatable bonds is 6. The average Bonchev–Trinajstić information content (AvgIpc) is 2.36. The predicted molar refractivity (Wildman–Crippen MR) is 71.0 cm³/mol. The lowest BCUT2D eigenvalue weighted by atomic mass is 10.1. The van der Waals surface area contributed by atoms with Crippen molar-refractivity contribution < 1.29 is 4.92 Å². The number of nitro groups is 1. The van der Waals surface area contributed by atoms with Crippen LogP contribution < -0.4 is 10.2 Å². The summed E-state index contributed by atoms with van der Waals surface area (Å²) in [5.41, 5.74) is -0.0783. The highest BCUT2D eigenvalue weighted by molar-refractivity contribution is 5.70. The fourth-order valence-electron chi connectivity index (χ4n) is 1.80. The summed E-state index contributed by atoms with van der Waals surface area (Å²) < 4.78 is 0. The molecule has 0 spiro atoms. The standard InChI is InChI=1S/C11H19N5O2/c1-5-6-8(2)15(4)11-9(16(17)18)10(12-3)13-7-14-11/h7-8H,5-6H2,1-4H3,(H,12,13,14). The molecule has 0 amide bonds. The summed E-state index contributed by atoms with van der Waals surface area (Å²) in [5, 5.41) is 13.9. The van der Waals surface area contributed by atoms with Crippen molar-refractivity contribution in [2.45, 2.75) is 32.7 Å². The van der Waals surface area contributed by atoms with Gasteiger partial charge in [0.15, 0.2) is 0 Å². The first-order chi connectivity index (χ1) is 8.52. The van der Waals surface area contributed by atoms with E-state index in [0.29, 0.717) is 5.82 Å². The molecule has 0 aliphatic rings. The first-order valence-electron chi connectivity index (χ1n) is 5.92. The molecule has 1 unspecified atom stereocenters. The molecule has 0 aliphatic heterocycles. The second-order valence-corrected chi connectivity index (χ2v) is 4.15. The first kappa shape index (κ1) is 14.1. The van der Waals surface area contributed by atoms with Gasteiger partial charge in [0, 0.05) is 20.1 Å². The zero-order valence-electron chi connectivity index (χ0n) is 11.2. The van der Waals surface area contributed by atoms with E-state index in [0.717, 1.165) is 12.8 Å². The largest absolute Gasteiger partial charge is 0.367 e. The van der Waals surface area contributed by atoms with E-state index in [-0.39, 0.29) is 17.5 Å². The Morgan fingerprint density at radius 3 is 2.72 bits per heavy atom. The van der Waals surface area contributed by atoms with Crippen molar-refractivity contribution in [3.63, 3.8) is 0 Å². The van der Waals surface area contributed by atoms with Crippen LogP contribution in [0.15, 0.2) is 6.33 Å². The maximum atomic E-state index is 11.1. The van der Waals surface area contributed by atoms with Gasteiger partial charge in [0.1, 0.15) is 6.33 Å². The van der Waals surface area contributed by atoms with Gasteiger partial charge in [-0.05, 0) is 13.3 Å². The molecule has 1 aromatic rings. The van der Waals surface area contributed by atoms with E-state index in [1.54, 1.807) is 7.05 Å². The molecule has 0 saturated heterocycles. The first-order valence-corrected chi connectivity index (χ1v) is 5.92. The quantitative estimate of drug-likeness (QED) is 0.617. The van der Waals surface area contributed by atoms with E-state index in [1.807, 2.05) is 18.9 Å². The van der Waals surface area contributed by atoms with Gasteiger partial charge in [-0.25, -0.2) is 9.97 Å². The van der Waals surface area contributed by atoms with Crippen molar-refractivity contribution in [3.8, 4) is 0 Å². The lowest BCUT2D eigenvalue weighted by molar-refractivity contribution is -0.383. The maximum Gasteiger partial charge on any atom is 0.353 e. The van der Waals surface area contributed by atoms with Crippen LogP contribution in [0.2, 0.25) is 0 Å². The third-order valence-corrected chi connectivity index (χ3v) is 2.92. The zero-order chi connectivity index (χ0) is 13.7. The summed E-state index contributed by atoms with van der Waals surface area (Å²) in [4.78, 5) is 20.4. The molecule has 0 bridgehead atoms. The molecule has 1 N–H and O–H groups in total. The van der Waals surface area contributed by atoms with Gasteiger partial charge in [-0.2, -0.15) is 0 Å². The van der Waals surface area contributed by atoms with Gasteiger partial charge in [0.05, 0.1) is 4.92 Å². The van der Waals surface area contributed by atoms with E-state index in [4.69, 9.17) is 0 Å². The van der Waals surface area contributed by atoms with Crippen LogP contribution >= 0.6 is 0 Å². The van der Waals surface area contributed by atoms with Crippen LogP contribution in [0, 0.1) is 10.1 Å². The minimum Gasteiger partial charge on any atom is -0.367 e. The minimum atomic E-state index is -0.448. The molecule has 1 atom stereocenters. The van der Waals surface area contributed by atoms with Crippen molar-refractivity contribution in [1.82, 2.24) is 9.97 Å². The Labute approximate surface area is 106 Å². The molecule has 1 aromatic heterocycles. The Hall–Kier alpha value is -1.92. The van der Waals surface area contributed by atoms with E-state index >= 15 is 0 Å². The Morgan fingerprint density at radius 1 is 1.56 bits per heavy atom. The predicted octanol–water partition coefficient (Wildman–Crippen LogP) is 2.05. The summed E-state index contributed by atoms with van der Waals surface area (Å²) in [7, 11) is 3.42. The van der Waals surface area contributed by atoms with Crippen LogP contribution in [0.3, 0.4) is 0 Å². The Kier molecular flexibility index (Phi) is 4.82. The molecule has 18 heavy (non-hydrogen) atoms. The third kappa shape index (κ3) is 2.85. The Bertz CT molecular complexity index is 424. The van der Waals surface area contributed by atoms with Gasteiger partial charge in [0.2, 0.25) is 11.6 Å². The molecule has 0 aromatic carbocycles. The number of hydrogen-bond acceptors (Lipinski definition) is 6. The SMILES string of the molecule is CCCC(C)N(C)c1ncnc(NC)c1[N+](=O)[O-]. The zero-order valence-corrected chi connectivity index (χ0v) is 11.2. The van der Waals surface area contributed by atoms with Crippen LogP contribution in [0.5, 0.6) is 0 Å². The second-order valence-electron chi connectivity index (χ2n) is 4.15. The summed E-state index contributed by atoms with van der Waals surface area (Å²) in [6.45, 7) is 4.10. The van der Waals surface area contributed by atoms with Crippen molar-refractivity contribution in [2.24, 2.45) is 0 Å². The van der Waals surface area contributed by atoms with E-state index < -0.39 is 4.92 Å². The smallest absolute Gasteiger partial charge is 0.353 e. The number of hydrogen-bond donors (Lipinski definition) is 1. The second kappa shape index (κ2) is 6.13. The molecule has 100 valence electrons. The van der Waals surface area contributed by atoms with Crippen LogP contribution in [-0.2, 0) is 0 Å². The van der Waals surface area contributed by atoms with E-state index in [2.05, 4.69) is 22.2 Å². The fourth-order valence-corrected chi connectivity index (χ4v) is 1.80. The molecule has 7 heteroatoms. The molecule has 7 nitrogen and oxygen atoms in total. The molecule has 1 heterocycles. The minimum absolute atomic E-state index is 0.0783. The van der Waals surface area contributed by atoms with Gasteiger partial charge < -0.3 is 10.2 Å². The summed E-state index contributed by atoms with van der Waals surface area (Å²) in [6.07, 6.45) is 3.30. The fraction of sp³-hybridized carbons (Fsp3) is 0.636. The monoisotopic (exact) mass is 253 g/mol. The van der Waals surface area contributed by atoms with E-state index in [9.17, 15) is 10.1 Å². The van der Waals surface area contributed by atoms with Crippen molar-refractivity contribution in [2.75, 3.05) is 24.3 Å². The lowest BCUT2D eigenvalue weighted by Crippen LogP contribution is -2.30. The lowest BCUT2D eigenvalue weighted by Gasteiger charge is -2.25. The topological polar surface area (TPSA) is 84.2 Å². The Morgan fingerprint density at radius 2 is 2.22 bits per heavy atom. The van der Waals surface area contributed by atoms with Gasteiger partial charge in [-0.15, -0.1) is 0 Å². The molecule has 0 radical (unpaired) electrons. The number of anilines is 2. The molecular weight excluding hydrogens is 234 g/mol. The Balaban J connectivity index is 3.19. The number of nitrogens with one attached hydrogen (secondary N) is 1. The van der Waals surface area contributed by atoms with Crippen molar-refractivity contribution in [1.29, 1.82) is 0 Å². The van der Waals surface area contributed by atoms with Gasteiger partial charge in [-0.1, -0.05) is 13.3 Å². The van der Waals surface area contributed by atoms with Crippen LogP contribution in [-0.4, -0.2) is 35.0 Å². The number of aromatic nitrogens is 2. The molecule has 0 saturated carbocycles. The van der Waals surface area contributed by atoms with Gasteiger partial charge in [0.25, 0.3) is 0 Å². The van der Waals surface area contributed by atoms with Crippen molar-refractivity contribution >= 4 is 17.3 Å². The van der Waals surface area contributed by atoms with Gasteiger partial charge in [-0.3, -0.25) is 10.1 Å². The van der Waals surface area contributed by atoms with Gasteiger partial charge >= 0.3 is 5.69 Å².